The van der Waals surface area contributed by atoms with Crippen LogP contribution >= 0.6 is 0 Å². The Balaban J connectivity index is 2.32. The van der Waals surface area contributed by atoms with Gasteiger partial charge in [0, 0.05) is 0 Å². The molecule has 18 heavy (non-hydrogen) atoms. The molecule has 2 rings (SSSR count). The highest BCUT2D eigenvalue weighted by molar-refractivity contribution is 6.08. The summed E-state index contributed by atoms with van der Waals surface area (Å²) < 4.78 is 0. The summed E-state index contributed by atoms with van der Waals surface area (Å²) in [5.41, 5.74) is 0. The molecule has 6 nitrogen and oxygen atoms in total. The van der Waals surface area contributed by atoms with Gasteiger partial charge in [0.15, 0.2) is 6.04 Å². The van der Waals surface area contributed by atoms with Crippen molar-refractivity contribution in [2.45, 2.75) is 31.9 Å². The summed E-state index contributed by atoms with van der Waals surface area (Å²) in [6.45, 7) is 1.26. The molecule has 0 saturated carbocycles. The fourth-order valence-corrected chi connectivity index (χ4v) is 2.63. The van der Waals surface area contributed by atoms with Gasteiger partial charge in [-0.3, -0.25) is 14.5 Å². The average Bonchev–Trinajstić information content (AvgIpc) is 2.55. The first-order valence-electron chi connectivity index (χ1n) is 5.88. The Morgan fingerprint density at radius 2 is 1.72 bits per heavy atom. The zero-order chi connectivity index (χ0) is 13.4. The number of hydrogen-bond donors (Lipinski definition) is 2. The minimum Gasteiger partial charge on any atom is -0.480 e. The molecule has 0 spiro atoms. The van der Waals surface area contributed by atoms with Crippen molar-refractivity contribution in [1.29, 1.82) is 0 Å². The van der Waals surface area contributed by atoms with Gasteiger partial charge in [0.2, 0.25) is 11.8 Å². The van der Waals surface area contributed by atoms with Crippen molar-refractivity contribution in [3.05, 3.63) is 12.2 Å². The van der Waals surface area contributed by atoms with Gasteiger partial charge >= 0.3 is 5.97 Å². The van der Waals surface area contributed by atoms with Gasteiger partial charge in [-0.15, -0.1) is 0 Å². The van der Waals surface area contributed by atoms with Crippen LogP contribution in [0.1, 0.15) is 19.8 Å². The first-order chi connectivity index (χ1) is 8.45. The maximum Gasteiger partial charge on any atom is 0.329 e. The van der Waals surface area contributed by atoms with E-state index in [1.54, 1.807) is 0 Å². The standard InChI is InChI=1S/C12H15NO5/c1-6(14)9(12(17)18)13-10(15)7-4-2-3-5-8(7)11(13)16/h2-3,6-9,14H,4-5H2,1H3,(H,17,18)/t6-,7-,8+,9+/m1/s1. The fraction of sp³-hybridized carbons (Fsp3) is 0.583. The van der Waals surface area contributed by atoms with Crippen LogP contribution < -0.4 is 0 Å². The molecule has 2 aliphatic rings. The molecular weight excluding hydrogens is 238 g/mol. The third-order valence-corrected chi connectivity index (χ3v) is 3.53. The molecule has 1 heterocycles. The average molecular weight is 253 g/mol. The maximum atomic E-state index is 12.1. The highest BCUT2D eigenvalue weighted by Gasteiger charge is 2.52. The number of allylic oxidation sites excluding steroid dienone is 2. The number of amides is 2. The number of imide groups is 1. The van der Waals surface area contributed by atoms with Gasteiger partial charge in [-0.1, -0.05) is 12.2 Å². The normalized spacial score (nSPS) is 30.2. The van der Waals surface area contributed by atoms with E-state index >= 15 is 0 Å². The Hall–Kier alpha value is -1.69. The molecule has 2 N–H and O–H groups in total. The molecule has 0 bridgehead atoms. The van der Waals surface area contributed by atoms with Gasteiger partial charge in [0.05, 0.1) is 17.9 Å². The molecule has 98 valence electrons. The van der Waals surface area contributed by atoms with E-state index in [4.69, 9.17) is 5.11 Å². The number of carbonyl (C=O) groups is 3. The summed E-state index contributed by atoms with van der Waals surface area (Å²) in [6.07, 6.45) is 3.28. The predicted octanol–water partition coefficient (Wildman–Crippen LogP) is -0.228. The number of nitrogens with zero attached hydrogens (tertiary/aromatic N) is 1. The van der Waals surface area contributed by atoms with Crippen LogP contribution in [0.2, 0.25) is 0 Å². The Labute approximate surface area is 104 Å². The predicted molar refractivity (Wildman–Crippen MR) is 60.3 cm³/mol. The van der Waals surface area contributed by atoms with E-state index in [2.05, 4.69) is 0 Å². The van der Waals surface area contributed by atoms with E-state index < -0.39 is 41.8 Å². The fourth-order valence-electron chi connectivity index (χ4n) is 2.63. The van der Waals surface area contributed by atoms with Crippen molar-refractivity contribution < 1.29 is 24.6 Å². The molecule has 1 aliphatic carbocycles. The molecule has 0 aromatic carbocycles. The first kappa shape index (κ1) is 12.8. The second-order valence-electron chi connectivity index (χ2n) is 4.73. The third kappa shape index (κ3) is 1.82. The molecule has 0 aromatic rings. The quantitative estimate of drug-likeness (QED) is 0.535. The highest BCUT2D eigenvalue weighted by atomic mass is 16.4. The van der Waals surface area contributed by atoms with Crippen molar-refractivity contribution in [2.75, 3.05) is 0 Å². The minimum absolute atomic E-state index is 0.456. The van der Waals surface area contributed by atoms with Crippen LogP contribution in [0.5, 0.6) is 0 Å². The van der Waals surface area contributed by atoms with Gasteiger partial charge in [0.1, 0.15) is 0 Å². The number of aliphatic hydroxyl groups excluding tert-OH is 1. The monoisotopic (exact) mass is 253 g/mol. The van der Waals surface area contributed by atoms with Crippen LogP contribution in [0.3, 0.4) is 0 Å². The van der Waals surface area contributed by atoms with Crippen LogP contribution in [0, 0.1) is 11.8 Å². The van der Waals surface area contributed by atoms with Crippen LogP contribution in [-0.4, -0.2) is 45.0 Å². The molecule has 6 heteroatoms. The lowest BCUT2D eigenvalue weighted by Crippen LogP contribution is -2.51. The van der Waals surface area contributed by atoms with Gasteiger partial charge < -0.3 is 10.2 Å². The summed E-state index contributed by atoms with van der Waals surface area (Å²) in [6, 6.07) is -1.49. The summed E-state index contributed by atoms with van der Waals surface area (Å²) >= 11 is 0. The summed E-state index contributed by atoms with van der Waals surface area (Å²) in [7, 11) is 0. The molecule has 0 aromatic heterocycles. The second kappa shape index (κ2) is 4.53. The van der Waals surface area contributed by atoms with Crippen molar-refractivity contribution >= 4 is 17.8 Å². The third-order valence-electron chi connectivity index (χ3n) is 3.53. The number of carboxylic acid groups (broad SMARTS) is 1. The van der Waals surface area contributed by atoms with Crippen LogP contribution in [-0.2, 0) is 14.4 Å². The van der Waals surface area contributed by atoms with E-state index in [1.165, 1.54) is 6.92 Å². The molecule has 4 atom stereocenters. The first-order valence-corrected chi connectivity index (χ1v) is 5.88. The summed E-state index contributed by atoms with van der Waals surface area (Å²) in [5.74, 6) is -3.27. The smallest absolute Gasteiger partial charge is 0.329 e. The number of carboxylic acids is 1. The van der Waals surface area contributed by atoms with E-state index in [9.17, 15) is 19.5 Å². The molecule has 0 unspecified atom stereocenters. The van der Waals surface area contributed by atoms with Gasteiger partial charge in [0.25, 0.3) is 0 Å². The molecule has 2 amide bonds. The molecule has 1 saturated heterocycles. The Bertz CT molecular complexity index is 402. The van der Waals surface area contributed by atoms with Crippen molar-refractivity contribution in [3.8, 4) is 0 Å². The number of carbonyl (C=O) groups excluding carboxylic acids is 2. The number of likely N-dealkylation sites (tertiary alicyclic amines) is 1. The Morgan fingerprint density at radius 1 is 1.28 bits per heavy atom. The number of aliphatic hydroxyl groups is 1. The van der Waals surface area contributed by atoms with Crippen molar-refractivity contribution in [1.82, 2.24) is 4.90 Å². The lowest BCUT2D eigenvalue weighted by molar-refractivity contribution is -0.159. The number of aliphatic carboxylic acids is 1. The molecule has 1 aliphatic heterocycles. The van der Waals surface area contributed by atoms with E-state index in [0.717, 1.165) is 4.90 Å². The van der Waals surface area contributed by atoms with Crippen molar-refractivity contribution in [2.24, 2.45) is 11.8 Å². The van der Waals surface area contributed by atoms with Gasteiger partial charge in [-0.2, -0.15) is 0 Å². The van der Waals surface area contributed by atoms with Crippen LogP contribution in [0.25, 0.3) is 0 Å². The number of hydrogen-bond acceptors (Lipinski definition) is 4. The zero-order valence-electron chi connectivity index (χ0n) is 9.94. The second-order valence-corrected chi connectivity index (χ2v) is 4.73. The lowest BCUT2D eigenvalue weighted by atomic mass is 9.85. The minimum atomic E-state index is -1.49. The Kier molecular flexibility index (Phi) is 3.21. The van der Waals surface area contributed by atoms with E-state index in [1.807, 2.05) is 12.2 Å². The highest BCUT2D eigenvalue weighted by Crippen LogP contribution is 2.36. The van der Waals surface area contributed by atoms with Crippen molar-refractivity contribution in [3.63, 3.8) is 0 Å². The topological polar surface area (TPSA) is 94.9 Å². The molecular formula is C12H15NO5. The van der Waals surface area contributed by atoms with Crippen LogP contribution in [0.15, 0.2) is 12.2 Å². The largest absolute Gasteiger partial charge is 0.480 e. The van der Waals surface area contributed by atoms with E-state index in [-0.39, 0.29) is 0 Å². The van der Waals surface area contributed by atoms with Crippen LogP contribution in [0.4, 0.5) is 0 Å². The summed E-state index contributed by atoms with van der Waals surface area (Å²) in [5, 5.41) is 18.5. The molecule has 1 fully saturated rings. The van der Waals surface area contributed by atoms with E-state index in [0.29, 0.717) is 12.8 Å². The maximum absolute atomic E-state index is 12.1. The van der Waals surface area contributed by atoms with Gasteiger partial charge in [-0.25, -0.2) is 4.79 Å². The number of fused-ring (bicyclic) bond motifs is 1. The molecule has 0 radical (unpaired) electrons. The SMILES string of the molecule is C[C@@H](O)[C@@H](C(=O)O)N1C(=O)[C@H]2CC=CC[C@H]2C1=O. The number of rotatable bonds is 3. The lowest BCUT2D eigenvalue weighted by Gasteiger charge is -2.25. The van der Waals surface area contributed by atoms with Gasteiger partial charge in [-0.05, 0) is 19.8 Å². The zero-order valence-corrected chi connectivity index (χ0v) is 9.94. The Morgan fingerprint density at radius 3 is 2.06 bits per heavy atom. The summed E-state index contributed by atoms with van der Waals surface area (Å²) in [4.78, 5) is 36.0.